The van der Waals surface area contributed by atoms with Crippen molar-refractivity contribution in [2.24, 2.45) is 41.0 Å². The first-order chi connectivity index (χ1) is 25.8. The Balaban J connectivity index is 1.49. The third-order valence-corrected chi connectivity index (χ3v) is 13.6. The van der Waals surface area contributed by atoms with Gasteiger partial charge in [-0.1, -0.05) is 45.4 Å². The lowest BCUT2D eigenvalue weighted by Crippen LogP contribution is -2.41. The fourth-order valence-corrected chi connectivity index (χ4v) is 10.3. The van der Waals surface area contributed by atoms with Crippen LogP contribution in [0.2, 0.25) is 5.02 Å². The zero-order valence-electron chi connectivity index (χ0n) is 32.4. The molecule has 12 nitrogen and oxygen atoms in total. The van der Waals surface area contributed by atoms with Crippen LogP contribution in [0.5, 0.6) is 11.6 Å². The van der Waals surface area contributed by atoms with E-state index in [1.807, 2.05) is 19.1 Å². The maximum absolute atomic E-state index is 15.0. The Bertz CT molecular complexity index is 1960. The lowest BCUT2D eigenvalue weighted by Gasteiger charge is -2.37. The molecule has 0 radical (unpaired) electrons. The summed E-state index contributed by atoms with van der Waals surface area (Å²) in [6.07, 6.45) is 4.50. The Labute approximate surface area is 324 Å². The van der Waals surface area contributed by atoms with Gasteiger partial charge in [0.1, 0.15) is 21.2 Å². The van der Waals surface area contributed by atoms with Crippen LogP contribution < -0.4 is 19.1 Å². The summed E-state index contributed by atoms with van der Waals surface area (Å²) in [6, 6.07) is 11.3. The SMILES string of the molecule is COc1nn(C)cc1C(=O)NS1(=O)=NC(=O)c2ccc3c(c2)N(Cc2ccc(Cl)cc2CCCCO3)C[C@H](C)[C@@H](C)[C@@H](OC)C[C@@H]2[C@H](OC[C@H]2C)[C@H](C)C1. The largest absolute Gasteiger partial charge is 0.491 e. The summed E-state index contributed by atoms with van der Waals surface area (Å²) in [4.78, 5) is 30.2. The summed E-state index contributed by atoms with van der Waals surface area (Å²) in [5.74, 6) is -0.503. The van der Waals surface area contributed by atoms with Gasteiger partial charge in [0.25, 0.3) is 11.8 Å². The standard InChI is InChI=1S/C40H54ClN5O7S/c1-24-19-46-20-30-11-13-31(41)16-28(30)10-8-9-15-52-35-14-12-29(17-34(35)46)38(47)43-54(49,44-39(48)33-21-45(5)42-40(33)51-7)23-26(3)37-32(25(2)22-53-37)18-36(50-6)27(24)4/h11-14,16-17,21,24-27,32,36-37H,8-10,15,18-20,22-23H2,1-7H3,(H,43,44,47,48,49)/t24-,25+,26+,27+,32-,36-,37+,54?/m0/s1. The molecule has 0 aliphatic carbocycles. The minimum atomic E-state index is -3.71. The van der Waals surface area contributed by atoms with Crippen molar-refractivity contribution in [1.29, 1.82) is 0 Å². The number of carbonyl (C=O) groups excluding carboxylic acids is 2. The number of anilines is 1. The molecule has 14 heteroatoms. The summed E-state index contributed by atoms with van der Waals surface area (Å²) in [5.41, 5.74) is 3.38. The molecular weight excluding hydrogens is 730 g/mol. The van der Waals surface area contributed by atoms with Crippen LogP contribution in [0.15, 0.2) is 47.0 Å². The maximum Gasteiger partial charge on any atom is 0.286 e. The van der Waals surface area contributed by atoms with Crippen LogP contribution in [0.1, 0.15) is 78.8 Å². The molecule has 294 valence electrons. The van der Waals surface area contributed by atoms with Crippen molar-refractivity contribution in [2.45, 2.75) is 72.1 Å². The van der Waals surface area contributed by atoms with Crippen LogP contribution in [0.25, 0.3) is 0 Å². The number of hydrogen-bond donors (Lipinski definition) is 1. The lowest BCUT2D eigenvalue weighted by atomic mass is 9.78. The van der Waals surface area contributed by atoms with Crippen LogP contribution in [-0.4, -0.2) is 77.7 Å². The molecule has 0 spiro atoms. The number of amides is 2. The summed E-state index contributed by atoms with van der Waals surface area (Å²) in [5, 5.41) is 4.88. The second kappa shape index (κ2) is 17.0. The number of benzene rings is 2. The highest BCUT2D eigenvalue weighted by atomic mass is 35.5. The number of nitrogens with one attached hydrogen (secondary N) is 1. The zero-order valence-corrected chi connectivity index (χ0v) is 34.0. The first kappa shape index (κ1) is 40.0. The predicted octanol–water partition coefficient (Wildman–Crippen LogP) is 6.74. The summed E-state index contributed by atoms with van der Waals surface area (Å²) in [7, 11) is 1.11. The number of halogens is 1. The average molecular weight is 784 g/mol. The van der Waals surface area contributed by atoms with Crippen LogP contribution >= 0.6 is 11.6 Å². The molecule has 54 heavy (non-hydrogen) atoms. The number of aryl methyl sites for hydroxylation is 2. The Morgan fingerprint density at radius 3 is 2.59 bits per heavy atom. The molecule has 2 bridgehead atoms. The molecule has 1 fully saturated rings. The molecule has 4 heterocycles. The molecule has 2 aromatic carbocycles. The fraction of sp³-hybridized carbons (Fsp3) is 0.575. The topological polar surface area (TPSA) is 134 Å². The van der Waals surface area contributed by atoms with E-state index in [2.05, 4.69) is 45.9 Å². The molecule has 0 saturated carbocycles. The Morgan fingerprint density at radius 1 is 1.04 bits per heavy atom. The third kappa shape index (κ3) is 8.90. The molecule has 1 saturated heterocycles. The molecule has 1 N–H and O–H groups in total. The number of rotatable bonds is 4. The van der Waals surface area contributed by atoms with Gasteiger partial charge in [-0.3, -0.25) is 19.0 Å². The molecule has 2 amide bonds. The summed E-state index contributed by atoms with van der Waals surface area (Å²) in [6.45, 7) is 10.9. The van der Waals surface area contributed by atoms with Crippen molar-refractivity contribution in [1.82, 2.24) is 14.5 Å². The van der Waals surface area contributed by atoms with E-state index in [1.54, 1.807) is 32.4 Å². The summed E-state index contributed by atoms with van der Waals surface area (Å²) < 4.78 is 47.8. The van der Waals surface area contributed by atoms with Gasteiger partial charge in [-0.25, -0.2) is 4.21 Å². The second-order valence-electron chi connectivity index (χ2n) is 15.4. The minimum Gasteiger partial charge on any atom is -0.491 e. The van der Waals surface area contributed by atoms with Crippen molar-refractivity contribution >= 4 is 39.0 Å². The molecule has 1 unspecified atom stereocenters. The van der Waals surface area contributed by atoms with Crippen molar-refractivity contribution in [3.63, 3.8) is 0 Å². The monoisotopic (exact) mass is 783 g/mol. The quantitative estimate of drug-likeness (QED) is 0.306. The van der Waals surface area contributed by atoms with E-state index < -0.39 is 21.7 Å². The number of methoxy groups -OCH3 is 2. The Hall–Kier alpha value is -3.65. The third-order valence-electron chi connectivity index (χ3n) is 11.4. The Morgan fingerprint density at radius 2 is 1.83 bits per heavy atom. The van der Waals surface area contributed by atoms with E-state index in [9.17, 15) is 13.8 Å². The lowest BCUT2D eigenvalue weighted by molar-refractivity contribution is -0.00430. The molecular formula is C40H54ClN5O7S. The zero-order chi connectivity index (χ0) is 38.7. The van der Waals surface area contributed by atoms with Gasteiger partial charge in [0.15, 0.2) is 0 Å². The van der Waals surface area contributed by atoms with Crippen molar-refractivity contribution in [2.75, 3.05) is 44.6 Å². The van der Waals surface area contributed by atoms with Gasteiger partial charge < -0.3 is 23.8 Å². The number of nitrogens with zero attached hydrogens (tertiary/aromatic N) is 4. The first-order valence-electron chi connectivity index (χ1n) is 18.9. The van der Waals surface area contributed by atoms with Crippen LogP contribution in [0.3, 0.4) is 0 Å². The van der Waals surface area contributed by atoms with Crippen LogP contribution in [0, 0.1) is 29.6 Å². The van der Waals surface area contributed by atoms with Gasteiger partial charge in [0.05, 0.1) is 37.4 Å². The number of carbonyl (C=O) groups is 2. The van der Waals surface area contributed by atoms with E-state index in [4.69, 9.17) is 30.5 Å². The number of hydrogen-bond acceptors (Lipinski definition) is 9. The first-order valence-corrected chi connectivity index (χ1v) is 21.0. The Kier molecular flexibility index (Phi) is 12.6. The highest BCUT2D eigenvalue weighted by Gasteiger charge is 2.42. The van der Waals surface area contributed by atoms with Gasteiger partial charge in [0, 0.05) is 50.6 Å². The average Bonchev–Trinajstić information content (AvgIpc) is 3.70. The molecule has 3 aromatic rings. The molecule has 8 atom stereocenters. The highest BCUT2D eigenvalue weighted by molar-refractivity contribution is 7.92. The van der Waals surface area contributed by atoms with Gasteiger partial charge in [-0.2, -0.15) is 0 Å². The second-order valence-corrected chi connectivity index (χ2v) is 17.8. The van der Waals surface area contributed by atoms with E-state index in [1.165, 1.54) is 23.6 Å². The van der Waals surface area contributed by atoms with Gasteiger partial charge in [0.2, 0.25) is 5.88 Å². The molecule has 3 aliphatic rings. The van der Waals surface area contributed by atoms with Crippen molar-refractivity contribution < 1.29 is 32.7 Å². The summed E-state index contributed by atoms with van der Waals surface area (Å²) >= 11 is 6.50. The van der Waals surface area contributed by atoms with Gasteiger partial charge >= 0.3 is 0 Å². The van der Waals surface area contributed by atoms with E-state index in [-0.39, 0.29) is 64.6 Å². The van der Waals surface area contributed by atoms with E-state index in [0.29, 0.717) is 37.1 Å². The number of aromatic nitrogens is 2. The van der Waals surface area contributed by atoms with Crippen molar-refractivity contribution in [3.8, 4) is 11.6 Å². The van der Waals surface area contributed by atoms with Crippen LogP contribution in [-0.2, 0) is 39.4 Å². The fourth-order valence-electron chi connectivity index (χ4n) is 8.23. The number of ether oxygens (including phenoxy) is 4. The smallest absolute Gasteiger partial charge is 0.286 e. The molecule has 6 rings (SSSR count). The normalized spacial score (nSPS) is 29.5. The van der Waals surface area contributed by atoms with Crippen molar-refractivity contribution in [3.05, 3.63) is 69.9 Å². The van der Waals surface area contributed by atoms with E-state index in [0.717, 1.165) is 36.9 Å². The maximum atomic E-state index is 15.0. The highest BCUT2D eigenvalue weighted by Crippen LogP contribution is 2.40. The molecule has 3 aliphatic heterocycles. The predicted molar refractivity (Wildman–Crippen MR) is 210 cm³/mol. The van der Waals surface area contributed by atoms with Crippen LogP contribution in [0.4, 0.5) is 5.69 Å². The number of fused-ring (bicyclic) bond motifs is 3. The molecule has 1 aromatic heterocycles. The van der Waals surface area contributed by atoms with Gasteiger partial charge in [-0.05, 0) is 96.7 Å². The van der Waals surface area contributed by atoms with E-state index >= 15 is 0 Å². The minimum absolute atomic E-state index is 0.0701. The van der Waals surface area contributed by atoms with Gasteiger partial charge in [-0.15, -0.1) is 9.46 Å².